The number of carbonyl (C=O) groups is 1. The normalized spacial score (nSPS) is 16.2. The van der Waals surface area contributed by atoms with E-state index in [0.29, 0.717) is 11.6 Å². The van der Waals surface area contributed by atoms with Crippen molar-refractivity contribution in [2.24, 2.45) is 0 Å². The van der Waals surface area contributed by atoms with Crippen molar-refractivity contribution in [1.29, 1.82) is 0 Å². The summed E-state index contributed by atoms with van der Waals surface area (Å²) in [6.45, 7) is 0. The minimum Gasteiger partial charge on any atom is -0.481 e. The van der Waals surface area contributed by atoms with E-state index in [1.54, 1.807) is 19.4 Å². The molecule has 3 aromatic rings. The van der Waals surface area contributed by atoms with E-state index >= 15 is 0 Å². The predicted octanol–water partition coefficient (Wildman–Crippen LogP) is 4.00. The standard InChI is InChI=1S/C23H19N3O2/c1-28-23-12-7-11-21(25-23)19-14-17(20-10-5-6-13-24-20)15-26(22(19)16-27)18-8-3-2-4-9-18/h2-16,22H,1H3. The van der Waals surface area contributed by atoms with E-state index in [1.165, 1.54) is 0 Å². The second-order valence-corrected chi connectivity index (χ2v) is 6.29. The lowest BCUT2D eigenvalue weighted by atomic mass is 9.94. The fourth-order valence-electron chi connectivity index (χ4n) is 3.23. The zero-order valence-corrected chi connectivity index (χ0v) is 15.4. The van der Waals surface area contributed by atoms with Gasteiger partial charge in [-0.3, -0.25) is 4.98 Å². The Morgan fingerprint density at radius 3 is 2.46 bits per heavy atom. The van der Waals surface area contributed by atoms with Crippen molar-refractivity contribution >= 4 is 23.1 Å². The Labute approximate surface area is 163 Å². The van der Waals surface area contributed by atoms with E-state index in [4.69, 9.17) is 4.74 Å². The molecule has 1 aliphatic rings. The van der Waals surface area contributed by atoms with Crippen LogP contribution in [-0.2, 0) is 4.79 Å². The Balaban J connectivity index is 1.88. The monoisotopic (exact) mass is 369 g/mol. The number of allylic oxidation sites excluding steroid dienone is 2. The Kier molecular flexibility index (Phi) is 4.97. The molecule has 0 fully saturated rings. The van der Waals surface area contributed by atoms with Gasteiger partial charge in [0.1, 0.15) is 12.3 Å². The second-order valence-electron chi connectivity index (χ2n) is 6.29. The molecule has 28 heavy (non-hydrogen) atoms. The summed E-state index contributed by atoms with van der Waals surface area (Å²) in [5.74, 6) is 0.503. The van der Waals surface area contributed by atoms with E-state index in [-0.39, 0.29) is 0 Å². The van der Waals surface area contributed by atoms with Gasteiger partial charge in [-0.1, -0.05) is 30.3 Å². The minimum atomic E-state index is -0.505. The van der Waals surface area contributed by atoms with Crippen LogP contribution in [0.2, 0.25) is 0 Å². The molecular formula is C23H19N3O2. The van der Waals surface area contributed by atoms with Crippen LogP contribution in [0.3, 0.4) is 0 Å². The molecule has 1 atom stereocenters. The number of rotatable bonds is 5. The summed E-state index contributed by atoms with van der Waals surface area (Å²) in [7, 11) is 1.58. The number of pyridine rings is 2. The third-order valence-corrected chi connectivity index (χ3v) is 4.58. The Morgan fingerprint density at radius 1 is 0.964 bits per heavy atom. The van der Waals surface area contributed by atoms with Crippen LogP contribution in [0.25, 0.3) is 11.1 Å². The maximum atomic E-state index is 12.1. The number of aromatic nitrogens is 2. The number of nitrogens with zero attached hydrogens (tertiary/aromatic N) is 3. The first kappa shape index (κ1) is 17.7. The van der Waals surface area contributed by atoms with Gasteiger partial charge in [0.25, 0.3) is 0 Å². The van der Waals surface area contributed by atoms with Crippen LogP contribution in [-0.4, -0.2) is 29.4 Å². The lowest BCUT2D eigenvalue weighted by Gasteiger charge is -2.32. The molecule has 1 aromatic carbocycles. The molecule has 4 rings (SSSR count). The highest BCUT2D eigenvalue weighted by Crippen LogP contribution is 2.34. The maximum absolute atomic E-state index is 12.1. The third kappa shape index (κ3) is 3.42. The van der Waals surface area contributed by atoms with Crippen molar-refractivity contribution in [1.82, 2.24) is 9.97 Å². The molecule has 0 bridgehead atoms. The molecule has 3 heterocycles. The molecule has 138 valence electrons. The first-order chi connectivity index (χ1) is 13.8. The second kappa shape index (κ2) is 7.88. The number of para-hydroxylation sites is 1. The molecular weight excluding hydrogens is 350 g/mol. The number of carbonyl (C=O) groups excluding carboxylic acids is 1. The molecule has 2 aromatic heterocycles. The molecule has 0 amide bonds. The summed E-state index contributed by atoms with van der Waals surface area (Å²) in [6.07, 6.45) is 6.63. The third-order valence-electron chi connectivity index (χ3n) is 4.58. The van der Waals surface area contributed by atoms with E-state index in [9.17, 15) is 4.79 Å². The van der Waals surface area contributed by atoms with Crippen LogP contribution in [0.1, 0.15) is 11.4 Å². The number of anilines is 1. The van der Waals surface area contributed by atoms with Crippen LogP contribution < -0.4 is 9.64 Å². The highest BCUT2D eigenvalue weighted by molar-refractivity contribution is 5.97. The summed E-state index contributed by atoms with van der Waals surface area (Å²) in [5, 5.41) is 0. The number of ether oxygens (including phenoxy) is 1. The Hall–Kier alpha value is -3.73. The van der Waals surface area contributed by atoms with Gasteiger partial charge in [-0.15, -0.1) is 0 Å². The topological polar surface area (TPSA) is 55.3 Å². The number of hydrogen-bond acceptors (Lipinski definition) is 5. The van der Waals surface area contributed by atoms with Crippen LogP contribution in [0.4, 0.5) is 5.69 Å². The average Bonchev–Trinajstić information content (AvgIpc) is 2.79. The average molecular weight is 369 g/mol. The first-order valence-corrected chi connectivity index (χ1v) is 8.95. The van der Waals surface area contributed by atoms with Gasteiger partial charge in [0.15, 0.2) is 0 Å². The van der Waals surface area contributed by atoms with E-state index in [2.05, 4.69) is 9.97 Å². The maximum Gasteiger partial charge on any atom is 0.213 e. The molecule has 0 spiro atoms. The van der Waals surface area contributed by atoms with Gasteiger partial charge in [0.2, 0.25) is 5.88 Å². The van der Waals surface area contributed by atoms with Gasteiger partial charge in [-0.25, -0.2) is 4.98 Å². The smallest absolute Gasteiger partial charge is 0.213 e. The quantitative estimate of drug-likeness (QED) is 0.637. The molecule has 0 aliphatic carbocycles. The zero-order chi connectivity index (χ0) is 19.3. The molecule has 0 radical (unpaired) electrons. The van der Waals surface area contributed by atoms with E-state index < -0.39 is 6.04 Å². The molecule has 0 saturated heterocycles. The molecule has 0 N–H and O–H groups in total. The van der Waals surface area contributed by atoms with Crippen molar-refractivity contribution in [2.75, 3.05) is 12.0 Å². The summed E-state index contributed by atoms with van der Waals surface area (Å²) >= 11 is 0. The van der Waals surface area contributed by atoms with Crippen molar-refractivity contribution in [3.05, 3.63) is 96.6 Å². The van der Waals surface area contributed by atoms with Crippen molar-refractivity contribution in [3.63, 3.8) is 0 Å². The van der Waals surface area contributed by atoms with Crippen LogP contribution in [0.15, 0.2) is 85.2 Å². The lowest BCUT2D eigenvalue weighted by Crippen LogP contribution is -2.36. The van der Waals surface area contributed by atoms with Gasteiger partial charge in [-0.2, -0.15) is 0 Å². The fourth-order valence-corrected chi connectivity index (χ4v) is 3.23. The summed E-state index contributed by atoms with van der Waals surface area (Å²) in [6, 6.07) is 20.6. The Morgan fingerprint density at radius 2 is 1.75 bits per heavy atom. The summed E-state index contributed by atoms with van der Waals surface area (Å²) < 4.78 is 5.27. The highest BCUT2D eigenvalue weighted by Gasteiger charge is 2.28. The molecule has 5 heteroatoms. The van der Waals surface area contributed by atoms with Crippen LogP contribution >= 0.6 is 0 Å². The van der Waals surface area contributed by atoms with Gasteiger partial charge in [0, 0.05) is 35.3 Å². The van der Waals surface area contributed by atoms with Gasteiger partial charge >= 0.3 is 0 Å². The number of hydrogen-bond donors (Lipinski definition) is 0. The highest BCUT2D eigenvalue weighted by atomic mass is 16.5. The molecule has 1 unspecified atom stereocenters. The summed E-state index contributed by atoms with van der Waals surface area (Å²) in [5.41, 5.74) is 4.14. The molecule has 1 aliphatic heterocycles. The minimum absolute atomic E-state index is 0.503. The number of aldehydes is 1. The molecule has 0 saturated carbocycles. The largest absolute Gasteiger partial charge is 0.481 e. The SMILES string of the molecule is COc1cccc(C2=CC(c3ccccn3)=CN(c3ccccc3)C2C=O)n1. The predicted molar refractivity (Wildman–Crippen MR) is 110 cm³/mol. The lowest BCUT2D eigenvalue weighted by molar-refractivity contribution is -0.107. The van der Waals surface area contributed by atoms with Gasteiger partial charge in [0.05, 0.1) is 18.5 Å². The van der Waals surface area contributed by atoms with Crippen molar-refractivity contribution in [3.8, 4) is 5.88 Å². The zero-order valence-electron chi connectivity index (χ0n) is 15.4. The van der Waals surface area contributed by atoms with E-state index in [0.717, 1.165) is 28.8 Å². The first-order valence-electron chi connectivity index (χ1n) is 8.95. The van der Waals surface area contributed by atoms with Crippen LogP contribution in [0.5, 0.6) is 5.88 Å². The van der Waals surface area contributed by atoms with Crippen LogP contribution in [0, 0.1) is 0 Å². The fraction of sp³-hybridized carbons (Fsp3) is 0.0870. The van der Waals surface area contributed by atoms with Gasteiger partial charge < -0.3 is 14.4 Å². The van der Waals surface area contributed by atoms with Crippen molar-refractivity contribution in [2.45, 2.75) is 6.04 Å². The van der Waals surface area contributed by atoms with E-state index in [1.807, 2.05) is 77.8 Å². The van der Waals surface area contributed by atoms with Gasteiger partial charge in [-0.05, 0) is 36.4 Å². The number of methoxy groups -OCH3 is 1. The Bertz CT molecular complexity index is 1030. The summed E-state index contributed by atoms with van der Waals surface area (Å²) in [4.78, 5) is 23.1. The van der Waals surface area contributed by atoms with Crippen molar-refractivity contribution < 1.29 is 9.53 Å². The number of benzene rings is 1. The molecule has 5 nitrogen and oxygen atoms in total.